The molecule has 1 aliphatic carbocycles. The molecule has 31 heteroatoms. The molecule has 0 saturated carbocycles. The van der Waals surface area contributed by atoms with E-state index >= 15 is 0 Å². The monoisotopic (exact) mass is 1060 g/mol. The summed E-state index contributed by atoms with van der Waals surface area (Å²) < 4.78 is 185. The molecular formula is C35H27Na5O21S5. The number of phenolic OH excluding ortho intramolecular Hbond substituents is 5. The molecule has 0 fully saturated rings. The Kier molecular flexibility index (Phi) is 23.7. The van der Waals surface area contributed by atoms with Crippen LogP contribution in [0.2, 0.25) is 0 Å². The van der Waals surface area contributed by atoms with Gasteiger partial charge in [-0.1, -0.05) is 0 Å². The molecule has 0 unspecified atom stereocenters. The van der Waals surface area contributed by atoms with Crippen LogP contribution >= 0.6 is 0 Å². The Hall–Kier alpha value is -0.390. The zero-order chi connectivity index (χ0) is 44.7. The largest absolute Gasteiger partial charge is 1.00 e. The number of aromatic hydroxyl groups is 5. The third-order valence-corrected chi connectivity index (χ3v) is 13.6. The fraction of sp³-hybridized carbons (Fsp3) is 0.143. The molecule has 0 atom stereocenters. The van der Waals surface area contributed by atoms with Gasteiger partial charge in [0.15, 0.2) is 0 Å². The Balaban J connectivity index is 0.00000704. The Labute approximate surface area is 488 Å². The zero-order valence-electron chi connectivity index (χ0n) is 35.2. The molecule has 66 heavy (non-hydrogen) atoms. The maximum absolute atomic E-state index is 12.3. The van der Waals surface area contributed by atoms with Crippen LogP contribution in [0.15, 0.2) is 85.1 Å². The molecule has 0 saturated heterocycles. The second-order valence-electron chi connectivity index (χ2n) is 13.6. The van der Waals surface area contributed by atoms with Crippen LogP contribution in [-0.4, -0.2) is 95.9 Å². The molecule has 6 rings (SSSR count). The van der Waals surface area contributed by atoms with Crippen molar-refractivity contribution in [2.45, 2.75) is 56.6 Å². The van der Waals surface area contributed by atoms with Gasteiger partial charge in [0.05, 0.1) is 24.5 Å². The van der Waals surface area contributed by atoms with E-state index in [1.165, 1.54) is 0 Å². The van der Waals surface area contributed by atoms with E-state index < -0.39 is 192 Å². The maximum atomic E-state index is 12.3. The number of phenols is 5. The van der Waals surface area contributed by atoms with Gasteiger partial charge < -0.3 is 53.8 Å². The van der Waals surface area contributed by atoms with E-state index in [-0.39, 0.29) is 153 Å². The van der Waals surface area contributed by atoms with Crippen LogP contribution in [0.1, 0.15) is 55.6 Å². The summed E-state index contributed by atoms with van der Waals surface area (Å²) in [5.41, 5.74) is -5.67. The van der Waals surface area contributed by atoms with Gasteiger partial charge in [0, 0.05) is 32.1 Å². The standard InChI is InChI=1S/C35H30O20S5.5Na.H2O/c36-31-16-1-17-7-27(57(44,45)46)9-19(32(17)37)3-21-11-29(59(50,51)52)13-23(34(21)39)5-25-15-30(60(53,54)55)14-24(35(25)40)4-22-12-28(58(47,48)49)10-20(33(22)38)2-18(31)8-26(6-16)56(41,42)43;;;;;;/h6-15,36-40H,1-5H2,(H,41,42,43)(H,44,45,46)(H,47,48,49)(H,50,51,52)(H,53,54,55);;;;;;1H2/q;5*+1;/p-5. The Morgan fingerprint density at radius 2 is 0.364 bits per heavy atom. The van der Waals surface area contributed by atoms with E-state index in [1.54, 1.807) is 0 Å². The molecule has 0 aliphatic heterocycles. The van der Waals surface area contributed by atoms with Crippen LogP contribution < -0.4 is 148 Å². The quantitative estimate of drug-likeness (QED) is 0.0790. The normalized spacial score (nSPS) is 12.8. The van der Waals surface area contributed by atoms with Crippen molar-refractivity contribution in [2.24, 2.45) is 0 Å². The number of hydrogen-bond acceptors (Lipinski definition) is 20. The first-order valence-corrected chi connectivity index (χ1v) is 23.5. The van der Waals surface area contributed by atoms with E-state index in [4.69, 9.17) is 0 Å². The molecule has 1 aliphatic rings. The minimum atomic E-state index is -5.45. The molecule has 7 N–H and O–H groups in total. The smallest absolute Gasteiger partial charge is 0.744 e. The van der Waals surface area contributed by atoms with Gasteiger partial charge in [0.2, 0.25) is 0 Å². The van der Waals surface area contributed by atoms with Crippen molar-refractivity contribution in [3.8, 4) is 28.7 Å². The Morgan fingerprint density at radius 3 is 0.439 bits per heavy atom. The predicted molar refractivity (Wildman–Crippen MR) is 198 cm³/mol. The van der Waals surface area contributed by atoms with E-state index in [2.05, 4.69) is 0 Å². The van der Waals surface area contributed by atoms with Crippen molar-refractivity contribution in [3.05, 3.63) is 116 Å². The van der Waals surface area contributed by atoms with Crippen molar-refractivity contribution in [1.29, 1.82) is 0 Å². The van der Waals surface area contributed by atoms with Crippen LogP contribution in [0.4, 0.5) is 0 Å². The first-order chi connectivity index (χ1) is 27.4. The molecule has 0 aromatic heterocycles. The summed E-state index contributed by atoms with van der Waals surface area (Å²) in [5, 5.41) is 57.1. The molecule has 0 heterocycles. The molecule has 5 aromatic rings. The minimum Gasteiger partial charge on any atom is -0.744 e. The molecule has 10 bridgehead atoms. The Morgan fingerprint density at radius 1 is 0.273 bits per heavy atom. The zero-order valence-corrected chi connectivity index (χ0v) is 49.3. The van der Waals surface area contributed by atoms with Gasteiger partial charge in [-0.2, -0.15) is 0 Å². The first-order valence-electron chi connectivity index (χ1n) is 16.4. The van der Waals surface area contributed by atoms with E-state index in [0.29, 0.717) is 60.7 Å². The summed E-state index contributed by atoms with van der Waals surface area (Å²) in [6.45, 7) is 0. The van der Waals surface area contributed by atoms with Gasteiger partial charge in [0.25, 0.3) is 0 Å². The van der Waals surface area contributed by atoms with Gasteiger partial charge in [-0.15, -0.1) is 0 Å². The third-order valence-electron chi connectivity index (χ3n) is 9.55. The van der Waals surface area contributed by atoms with Crippen molar-refractivity contribution in [2.75, 3.05) is 0 Å². The number of hydrogen-bond donors (Lipinski definition) is 5. The van der Waals surface area contributed by atoms with Crippen molar-refractivity contribution in [3.63, 3.8) is 0 Å². The SMILES string of the molecule is O.O=S(=O)([O-])c1cc2c(O)c(c1)Cc1cc(S(=O)(=O)[O-])cc(c1O)Cc1cc(S(=O)(=O)[O-])cc(c1O)Cc1cc(S(=O)(=O)[O-])cc(c1O)Cc1cc(S(=O)(=O)[O-])cc(c1O)C2.[Na+].[Na+].[Na+].[Na+].[Na+]. The summed E-state index contributed by atoms with van der Waals surface area (Å²) in [4.78, 5) is -5.38. The van der Waals surface area contributed by atoms with Crippen LogP contribution in [0.3, 0.4) is 0 Å². The molecule has 0 spiro atoms. The number of rotatable bonds is 5. The van der Waals surface area contributed by atoms with Crippen LogP contribution in [0.5, 0.6) is 28.7 Å². The summed E-state index contributed by atoms with van der Waals surface area (Å²) in [6, 6.07) is 6.04. The van der Waals surface area contributed by atoms with Crippen molar-refractivity contribution in [1.82, 2.24) is 0 Å². The van der Waals surface area contributed by atoms with Gasteiger partial charge >= 0.3 is 148 Å². The summed E-state index contributed by atoms with van der Waals surface area (Å²) in [7, 11) is -27.3. The van der Waals surface area contributed by atoms with E-state index in [1.807, 2.05) is 0 Å². The molecule has 328 valence electrons. The van der Waals surface area contributed by atoms with Crippen LogP contribution in [0.25, 0.3) is 0 Å². The topological polar surface area (TPSA) is 419 Å². The average Bonchev–Trinajstić information content (AvgIpc) is 3.09. The third kappa shape index (κ3) is 14.8. The fourth-order valence-electron chi connectivity index (χ4n) is 6.74. The predicted octanol–water partition coefficient (Wildman–Crippen LogP) is -14.8. The summed E-state index contributed by atoms with van der Waals surface area (Å²) >= 11 is 0. The number of benzene rings is 5. The van der Waals surface area contributed by atoms with Crippen molar-refractivity contribution < 1.29 is 244 Å². The maximum Gasteiger partial charge on any atom is 1.00 e. The molecule has 0 radical (unpaired) electrons. The fourth-order valence-corrected chi connectivity index (χ4v) is 9.60. The van der Waals surface area contributed by atoms with Crippen molar-refractivity contribution >= 4 is 50.6 Å². The molecule has 5 aromatic carbocycles. The molecule has 21 nitrogen and oxygen atoms in total. The summed E-state index contributed by atoms with van der Waals surface area (Å²) in [6.07, 6.45) is -4.44. The second-order valence-corrected chi connectivity index (χ2v) is 20.5. The van der Waals surface area contributed by atoms with Gasteiger partial charge in [-0.05, 0) is 116 Å². The second kappa shape index (κ2) is 23.9. The van der Waals surface area contributed by atoms with Crippen LogP contribution in [0, 0.1) is 0 Å². The van der Waals surface area contributed by atoms with Crippen LogP contribution in [-0.2, 0) is 82.7 Å². The van der Waals surface area contributed by atoms with Gasteiger partial charge in [0.1, 0.15) is 79.3 Å². The van der Waals surface area contributed by atoms with Gasteiger partial charge in [-0.3, -0.25) is 0 Å². The first kappa shape index (κ1) is 65.6. The average molecular weight is 1060 g/mol. The molecule has 0 amide bonds. The minimum absolute atomic E-state index is 0. The van der Waals surface area contributed by atoms with E-state index in [0.717, 1.165) is 0 Å². The van der Waals surface area contributed by atoms with Gasteiger partial charge in [-0.25, -0.2) is 42.1 Å². The number of fused-ring (bicyclic) bond motifs is 10. The summed E-state index contributed by atoms with van der Waals surface area (Å²) in [5.74, 6) is -4.60. The van der Waals surface area contributed by atoms with E-state index in [9.17, 15) is 90.4 Å². The molecular weight excluding hydrogens is 1030 g/mol. The Bertz CT molecular complexity index is 2650.